The molecule has 0 saturated heterocycles. The number of anilines is 2. The molecule has 0 aromatic heterocycles. The summed E-state index contributed by atoms with van der Waals surface area (Å²) in [5, 5.41) is 11.0. The van der Waals surface area contributed by atoms with Crippen molar-refractivity contribution in [1.82, 2.24) is 5.32 Å². The highest BCUT2D eigenvalue weighted by atomic mass is 15.3. The van der Waals surface area contributed by atoms with E-state index in [1.54, 1.807) is 0 Å². The molecule has 0 fully saturated rings. The van der Waals surface area contributed by atoms with Gasteiger partial charge in [0.2, 0.25) is 0 Å². The third kappa shape index (κ3) is 5.54. The zero-order valence-corrected chi connectivity index (χ0v) is 19.9. The van der Waals surface area contributed by atoms with Crippen LogP contribution in [0.25, 0.3) is 0 Å². The fourth-order valence-corrected chi connectivity index (χ4v) is 3.90. The van der Waals surface area contributed by atoms with Crippen LogP contribution in [0.15, 0.2) is 36.4 Å². The standard InChI is InChI=1S/C26H41N3/c1-16(2)20-12-10-13-21(17(3)4)24(20)28-26(27-9)29-25-22(18(5)6)14-11-15-23(25)19(7)8/h10-19,26-29H,1-9H3. The molecule has 3 N–H and O–H groups in total. The Kier molecular flexibility index (Phi) is 8.15. The zero-order chi connectivity index (χ0) is 21.7. The Labute approximate surface area is 178 Å². The summed E-state index contributed by atoms with van der Waals surface area (Å²) >= 11 is 0. The first-order valence-electron chi connectivity index (χ1n) is 11.1. The number of nitrogens with one attached hydrogen (secondary N) is 3. The molecule has 3 nitrogen and oxygen atoms in total. The predicted molar refractivity (Wildman–Crippen MR) is 129 cm³/mol. The fraction of sp³-hybridized carbons (Fsp3) is 0.538. The van der Waals surface area contributed by atoms with Crippen LogP contribution in [-0.4, -0.2) is 13.3 Å². The van der Waals surface area contributed by atoms with Gasteiger partial charge in [0.15, 0.2) is 6.29 Å². The Balaban J connectivity index is 2.46. The van der Waals surface area contributed by atoms with Gasteiger partial charge in [-0.1, -0.05) is 91.8 Å². The van der Waals surface area contributed by atoms with E-state index in [4.69, 9.17) is 0 Å². The van der Waals surface area contributed by atoms with Gasteiger partial charge in [-0.2, -0.15) is 0 Å². The molecule has 29 heavy (non-hydrogen) atoms. The van der Waals surface area contributed by atoms with Gasteiger partial charge in [0.05, 0.1) is 0 Å². The summed E-state index contributed by atoms with van der Waals surface area (Å²) in [5.41, 5.74) is 7.94. The lowest BCUT2D eigenvalue weighted by Gasteiger charge is -2.30. The van der Waals surface area contributed by atoms with Crippen molar-refractivity contribution < 1.29 is 0 Å². The third-order valence-electron chi connectivity index (χ3n) is 5.61. The molecule has 0 aliphatic rings. The molecule has 160 valence electrons. The summed E-state index contributed by atoms with van der Waals surface area (Å²) in [6, 6.07) is 13.3. The fourth-order valence-electron chi connectivity index (χ4n) is 3.90. The highest BCUT2D eigenvalue weighted by Gasteiger charge is 2.20. The van der Waals surface area contributed by atoms with E-state index in [-0.39, 0.29) is 6.29 Å². The van der Waals surface area contributed by atoms with Gasteiger partial charge in [-0.25, -0.2) is 0 Å². The van der Waals surface area contributed by atoms with Crippen molar-refractivity contribution in [3.05, 3.63) is 58.7 Å². The first kappa shape index (κ1) is 23.3. The van der Waals surface area contributed by atoms with Crippen LogP contribution in [0.4, 0.5) is 11.4 Å². The normalized spacial score (nSPS) is 11.9. The molecule has 2 aromatic carbocycles. The van der Waals surface area contributed by atoms with Crippen LogP contribution in [0.5, 0.6) is 0 Å². The van der Waals surface area contributed by atoms with Crippen LogP contribution in [0.1, 0.15) is 101 Å². The molecule has 0 radical (unpaired) electrons. The number of hydrogen-bond acceptors (Lipinski definition) is 3. The summed E-state index contributed by atoms with van der Waals surface area (Å²) in [5.74, 6) is 1.84. The summed E-state index contributed by atoms with van der Waals surface area (Å²) in [6.45, 7) is 18.1. The third-order valence-corrected chi connectivity index (χ3v) is 5.61. The minimum absolute atomic E-state index is 0.0650. The highest BCUT2D eigenvalue weighted by Crippen LogP contribution is 2.35. The number of benzene rings is 2. The van der Waals surface area contributed by atoms with Crippen LogP contribution < -0.4 is 16.0 Å². The molecule has 0 amide bonds. The van der Waals surface area contributed by atoms with Crippen molar-refractivity contribution in [2.75, 3.05) is 17.7 Å². The number of rotatable bonds is 9. The van der Waals surface area contributed by atoms with E-state index < -0.39 is 0 Å². The van der Waals surface area contributed by atoms with E-state index in [0.717, 1.165) is 0 Å². The second-order valence-corrected chi connectivity index (χ2v) is 9.25. The van der Waals surface area contributed by atoms with Crippen LogP contribution in [0.3, 0.4) is 0 Å². The summed E-state index contributed by atoms with van der Waals surface area (Å²) in [7, 11) is 2.00. The maximum atomic E-state index is 3.79. The summed E-state index contributed by atoms with van der Waals surface area (Å²) in [4.78, 5) is 0. The molecule has 0 spiro atoms. The van der Waals surface area contributed by atoms with E-state index in [1.807, 2.05) is 7.05 Å². The van der Waals surface area contributed by atoms with Gasteiger partial charge in [0, 0.05) is 11.4 Å². The topological polar surface area (TPSA) is 36.1 Å². The summed E-state index contributed by atoms with van der Waals surface area (Å²) in [6.07, 6.45) is -0.0650. The first-order chi connectivity index (χ1) is 13.7. The summed E-state index contributed by atoms with van der Waals surface area (Å²) < 4.78 is 0. The average molecular weight is 396 g/mol. The molecule has 0 unspecified atom stereocenters. The van der Waals surface area contributed by atoms with Gasteiger partial charge >= 0.3 is 0 Å². The van der Waals surface area contributed by atoms with Crippen molar-refractivity contribution >= 4 is 11.4 Å². The molecule has 0 aliphatic carbocycles. The van der Waals surface area contributed by atoms with Gasteiger partial charge in [-0.15, -0.1) is 0 Å². The van der Waals surface area contributed by atoms with E-state index >= 15 is 0 Å². The molecule has 2 aromatic rings. The van der Waals surface area contributed by atoms with Crippen LogP contribution in [0, 0.1) is 0 Å². The first-order valence-corrected chi connectivity index (χ1v) is 11.1. The lowest BCUT2D eigenvalue weighted by atomic mass is 9.92. The average Bonchev–Trinajstić information content (AvgIpc) is 2.66. The molecule has 2 rings (SSSR count). The lowest BCUT2D eigenvalue weighted by molar-refractivity contribution is 0.683. The minimum Gasteiger partial charge on any atom is -0.353 e. The predicted octanol–water partition coefficient (Wildman–Crippen LogP) is 7.21. The number of para-hydroxylation sites is 2. The van der Waals surface area contributed by atoms with Crippen molar-refractivity contribution in [1.29, 1.82) is 0 Å². The van der Waals surface area contributed by atoms with E-state index in [0.29, 0.717) is 23.7 Å². The molecule has 0 bridgehead atoms. The van der Waals surface area contributed by atoms with Crippen molar-refractivity contribution in [2.24, 2.45) is 0 Å². The Bertz CT molecular complexity index is 673. The Hall–Kier alpha value is -2.00. The van der Waals surface area contributed by atoms with E-state index in [1.165, 1.54) is 33.6 Å². The SMILES string of the molecule is CNC(Nc1c(C(C)C)cccc1C(C)C)Nc1c(C(C)C)cccc1C(C)C. The Morgan fingerprint density at radius 1 is 0.517 bits per heavy atom. The van der Waals surface area contributed by atoms with Gasteiger partial charge in [0.25, 0.3) is 0 Å². The van der Waals surface area contributed by atoms with E-state index in [9.17, 15) is 0 Å². The second-order valence-electron chi connectivity index (χ2n) is 9.25. The van der Waals surface area contributed by atoms with Gasteiger partial charge in [-0.05, 0) is 53.0 Å². The second kappa shape index (κ2) is 10.2. The van der Waals surface area contributed by atoms with Crippen LogP contribution >= 0.6 is 0 Å². The van der Waals surface area contributed by atoms with Crippen LogP contribution in [-0.2, 0) is 0 Å². The van der Waals surface area contributed by atoms with Crippen molar-refractivity contribution in [3.8, 4) is 0 Å². The maximum Gasteiger partial charge on any atom is 0.152 e. The minimum atomic E-state index is -0.0650. The monoisotopic (exact) mass is 395 g/mol. The Morgan fingerprint density at radius 3 is 1.00 bits per heavy atom. The zero-order valence-electron chi connectivity index (χ0n) is 19.9. The smallest absolute Gasteiger partial charge is 0.152 e. The van der Waals surface area contributed by atoms with Crippen molar-refractivity contribution in [3.63, 3.8) is 0 Å². The Morgan fingerprint density at radius 2 is 0.793 bits per heavy atom. The maximum absolute atomic E-state index is 3.79. The van der Waals surface area contributed by atoms with Gasteiger partial charge in [-0.3, -0.25) is 5.32 Å². The molecular weight excluding hydrogens is 354 g/mol. The highest BCUT2D eigenvalue weighted by molar-refractivity contribution is 5.64. The molecule has 0 aliphatic heterocycles. The van der Waals surface area contributed by atoms with Gasteiger partial charge in [0.1, 0.15) is 0 Å². The van der Waals surface area contributed by atoms with Gasteiger partial charge < -0.3 is 10.6 Å². The molecule has 3 heteroatoms. The molecule has 0 atom stereocenters. The number of hydrogen-bond donors (Lipinski definition) is 3. The van der Waals surface area contributed by atoms with Crippen LogP contribution in [0.2, 0.25) is 0 Å². The quantitative estimate of drug-likeness (QED) is 0.393. The largest absolute Gasteiger partial charge is 0.353 e. The molecule has 0 heterocycles. The van der Waals surface area contributed by atoms with Crippen molar-refractivity contribution in [2.45, 2.75) is 85.4 Å². The lowest BCUT2D eigenvalue weighted by Crippen LogP contribution is -2.41. The van der Waals surface area contributed by atoms with E-state index in [2.05, 4.69) is 108 Å². The molecule has 0 saturated carbocycles. The molecular formula is C26H41N3.